The molecule has 1 amide bonds. The summed E-state index contributed by atoms with van der Waals surface area (Å²) in [5.41, 5.74) is 1.98. The SMILES string of the molecule is CCc1ccc(OC)c(C(COC)Oc2ccc(C(=O)NC[C@H]3CC[C@H](C(=O)OC)CC3)cc2Cl)n1. The smallest absolute Gasteiger partial charge is 0.308 e. The number of rotatable bonds is 11. The average Bonchev–Trinajstić information content (AvgIpc) is 2.91. The zero-order valence-electron chi connectivity index (χ0n) is 21.3. The van der Waals surface area contributed by atoms with E-state index < -0.39 is 6.10 Å². The molecule has 1 saturated carbocycles. The number of carbonyl (C=O) groups excluding carboxylic acids is 2. The quantitative estimate of drug-likeness (QED) is 0.427. The minimum Gasteiger partial charge on any atom is -0.495 e. The standard InChI is InChI=1S/C27H35ClN2O6/c1-5-20-11-13-23(34-3)25(30-20)24(16-33-2)36-22-12-10-19(14-21(22)28)26(31)29-15-17-6-8-18(9-7-17)27(32)35-4/h10-14,17-18,24H,5-9,15-16H2,1-4H3,(H,29,31)/t17-,18-,24?. The summed E-state index contributed by atoms with van der Waals surface area (Å²) in [7, 11) is 4.59. The molecule has 1 unspecified atom stereocenters. The van der Waals surface area contributed by atoms with Crippen LogP contribution in [0.4, 0.5) is 0 Å². The highest BCUT2D eigenvalue weighted by Crippen LogP contribution is 2.33. The lowest BCUT2D eigenvalue weighted by Crippen LogP contribution is -2.32. The molecule has 1 fully saturated rings. The third-order valence-electron chi connectivity index (χ3n) is 6.54. The minimum atomic E-state index is -0.547. The van der Waals surface area contributed by atoms with Crippen molar-refractivity contribution in [3.63, 3.8) is 0 Å². The van der Waals surface area contributed by atoms with E-state index in [0.29, 0.717) is 40.2 Å². The van der Waals surface area contributed by atoms with E-state index in [-0.39, 0.29) is 24.4 Å². The highest BCUT2D eigenvalue weighted by molar-refractivity contribution is 6.32. The summed E-state index contributed by atoms with van der Waals surface area (Å²) in [6, 6.07) is 8.73. The second-order valence-corrected chi connectivity index (χ2v) is 9.31. The van der Waals surface area contributed by atoms with Crippen molar-refractivity contribution in [3.05, 3.63) is 52.3 Å². The first-order valence-corrected chi connectivity index (χ1v) is 12.6. The van der Waals surface area contributed by atoms with E-state index in [2.05, 4.69) is 10.3 Å². The van der Waals surface area contributed by atoms with E-state index in [1.54, 1.807) is 32.4 Å². The molecule has 0 bridgehead atoms. The van der Waals surface area contributed by atoms with E-state index in [4.69, 9.17) is 30.5 Å². The van der Waals surface area contributed by atoms with Crippen molar-refractivity contribution >= 4 is 23.5 Å². The second-order valence-electron chi connectivity index (χ2n) is 8.90. The van der Waals surface area contributed by atoms with Gasteiger partial charge in [0.15, 0.2) is 6.10 Å². The number of hydrogen-bond donors (Lipinski definition) is 1. The Morgan fingerprint density at radius 1 is 1.08 bits per heavy atom. The van der Waals surface area contributed by atoms with E-state index in [0.717, 1.165) is 37.8 Å². The van der Waals surface area contributed by atoms with E-state index >= 15 is 0 Å². The number of aryl methyl sites for hydroxylation is 1. The largest absolute Gasteiger partial charge is 0.495 e. The molecule has 0 aliphatic heterocycles. The summed E-state index contributed by atoms with van der Waals surface area (Å²) in [6.07, 6.45) is 3.56. The maximum absolute atomic E-state index is 12.7. The molecule has 0 spiro atoms. The number of hydrogen-bond acceptors (Lipinski definition) is 7. The molecular formula is C27H35ClN2O6. The Morgan fingerprint density at radius 3 is 2.42 bits per heavy atom. The number of methoxy groups -OCH3 is 3. The first-order chi connectivity index (χ1) is 17.4. The monoisotopic (exact) mass is 518 g/mol. The maximum atomic E-state index is 12.7. The number of esters is 1. The average molecular weight is 519 g/mol. The topological polar surface area (TPSA) is 96.0 Å². The van der Waals surface area contributed by atoms with Crippen molar-refractivity contribution in [1.29, 1.82) is 0 Å². The molecule has 2 aromatic rings. The Hall–Kier alpha value is -2.84. The molecule has 8 nitrogen and oxygen atoms in total. The Labute approximate surface area is 217 Å². The summed E-state index contributed by atoms with van der Waals surface area (Å²) in [6.45, 7) is 2.82. The van der Waals surface area contributed by atoms with Gasteiger partial charge < -0.3 is 24.3 Å². The summed E-state index contributed by atoms with van der Waals surface area (Å²) >= 11 is 6.50. The van der Waals surface area contributed by atoms with Gasteiger partial charge in [-0.3, -0.25) is 9.59 Å². The minimum absolute atomic E-state index is 0.0325. The van der Waals surface area contributed by atoms with Gasteiger partial charge in [0.2, 0.25) is 0 Å². The molecule has 1 atom stereocenters. The lowest BCUT2D eigenvalue weighted by molar-refractivity contribution is -0.146. The van der Waals surface area contributed by atoms with Crippen molar-refractivity contribution in [1.82, 2.24) is 10.3 Å². The van der Waals surface area contributed by atoms with Crippen LogP contribution in [-0.2, 0) is 20.7 Å². The van der Waals surface area contributed by atoms with Crippen LogP contribution in [-0.4, -0.2) is 51.3 Å². The van der Waals surface area contributed by atoms with Gasteiger partial charge in [-0.25, -0.2) is 4.98 Å². The molecule has 1 aromatic carbocycles. The zero-order valence-corrected chi connectivity index (χ0v) is 22.1. The van der Waals surface area contributed by atoms with Crippen molar-refractivity contribution < 1.29 is 28.5 Å². The lowest BCUT2D eigenvalue weighted by Gasteiger charge is -2.27. The fourth-order valence-electron chi connectivity index (χ4n) is 4.42. The Kier molecular flexibility index (Phi) is 10.4. The van der Waals surface area contributed by atoms with Gasteiger partial charge in [0, 0.05) is 24.9 Å². The van der Waals surface area contributed by atoms with Crippen LogP contribution in [0.25, 0.3) is 0 Å². The summed E-state index contributed by atoms with van der Waals surface area (Å²) < 4.78 is 21.9. The van der Waals surface area contributed by atoms with E-state index in [9.17, 15) is 9.59 Å². The summed E-state index contributed by atoms with van der Waals surface area (Å²) in [4.78, 5) is 29.1. The van der Waals surface area contributed by atoms with Crippen LogP contribution in [0.5, 0.6) is 11.5 Å². The molecule has 1 aliphatic rings. The Morgan fingerprint density at radius 2 is 1.81 bits per heavy atom. The molecule has 1 aliphatic carbocycles. The first-order valence-electron chi connectivity index (χ1n) is 12.2. The molecule has 196 valence electrons. The van der Waals surface area contributed by atoms with Crippen molar-refractivity contribution in [2.75, 3.05) is 34.5 Å². The van der Waals surface area contributed by atoms with Crippen molar-refractivity contribution in [2.45, 2.75) is 45.1 Å². The van der Waals surface area contributed by atoms with Gasteiger partial charge in [-0.15, -0.1) is 0 Å². The zero-order chi connectivity index (χ0) is 26.1. The summed E-state index contributed by atoms with van der Waals surface area (Å²) in [5.74, 6) is 0.975. The molecular weight excluding hydrogens is 484 g/mol. The Balaban J connectivity index is 1.63. The van der Waals surface area contributed by atoms with Gasteiger partial charge >= 0.3 is 5.97 Å². The lowest BCUT2D eigenvalue weighted by atomic mass is 9.82. The number of benzene rings is 1. The normalized spacial score (nSPS) is 18.2. The van der Waals surface area contributed by atoms with Crippen LogP contribution in [0.2, 0.25) is 5.02 Å². The highest BCUT2D eigenvalue weighted by Gasteiger charge is 2.27. The summed E-state index contributed by atoms with van der Waals surface area (Å²) in [5, 5.41) is 3.30. The molecule has 3 rings (SSSR count). The highest BCUT2D eigenvalue weighted by atomic mass is 35.5. The Bertz CT molecular complexity index is 1040. The van der Waals surface area contributed by atoms with Crippen LogP contribution < -0.4 is 14.8 Å². The fraction of sp³-hybridized carbons (Fsp3) is 0.519. The van der Waals surface area contributed by atoms with Crippen LogP contribution in [0.3, 0.4) is 0 Å². The van der Waals surface area contributed by atoms with Crippen molar-refractivity contribution in [3.8, 4) is 11.5 Å². The van der Waals surface area contributed by atoms with Gasteiger partial charge in [-0.1, -0.05) is 18.5 Å². The van der Waals surface area contributed by atoms with Crippen LogP contribution in [0, 0.1) is 11.8 Å². The number of nitrogens with one attached hydrogen (secondary N) is 1. The first kappa shape index (κ1) is 27.7. The number of amides is 1. The van der Waals surface area contributed by atoms with Gasteiger partial charge in [-0.2, -0.15) is 0 Å². The number of aromatic nitrogens is 1. The molecule has 1 heterocycles. The maximum Gasteiger partial charge on any atom is 0.308 e. The molecule has 36 heavy (non-hydrogen) atoms. The molecule has 1 aromatic heterocycles. The number of carbonyl (C=O) groups is 2. The molecule has 0 saturated heterocycles. The van der Waals surface area contributed by atoms with Crippen LogP contribution >= 0.6 is 11.6 Å². The molecule has 0 radical (unpaired) electrons. The second kappa shape index (κ2) is 13.5. The number of ether oxygens (including phenoxy) is 4. The van der Waals surface area contributed by atoms with Crippen LogP contribution in [0.15, 0.2) is 30.3 Å². The van der Waals surface area contributed by atoms with E-state index in [1.165, 1.54) is 7.11 Å². The predicted molar refractivity (Wildman–Crippen MR) is 137 cm³/mol. The molecule has 9 heteroatoms. The van der Waals surface area contributed by atoms with Crippen molar-refractivity contribution in [2.24, 2.45) is 11.8 Å². The van der Waals surface area contributed by atoms with E-state index in [1.807, 2.05) is 19.1 Å². The number of halogens is 1. The van der Waals surface area contributed by atoms with Crippen LogP contribution in [0.1, 0.15) is 60.5 Å². The fourth-order valence-corrected chi connectivity index (χ4v) is 4.65. The third kappa shape index (κ3) is 7.11. The number of nitrogens with zero attached hydrogens (tertiary/aromatic N) is 1. The number of pyridine rings is 1. The van der Waals surface area contributed by atoms with Gasteiger partial charge in [0.05, 0.1) is 31.8 Å². The third-order valence-corrected chi connectivity index (χ3v) is 6.84. The van der Waals surface area contributed by atoms with Gasteiger partial charge in [0.1, 0.15) is 17.2 Å². The van der Waals surface area contributed by atoms with Gasteiger partial charge in [-0.05, 0) is 68.4 Å². The predicted octanol–water partition coefficient (Wildman–Crippen LogP) is 4.78. The molecule has 1 N–H and O–H groups in total. The van der Waals surface area contributed by atoms with Gasteiger partial charge in [0.25, 0.3) is 5.91 Å².